The number of carbonyl (C=O) groups excluding carboxylic acids is 2. The van der Waals surface area contributed by atoms with Crippen molar-refractivity contribution < 1.29 is 14.3 Å². The number of hydrogen-bond donors (Lipinski definition) is 1. The summed E-state index contributed by atoms with van der Waals surface area (Å²) in [4.78, 5) is 31.1. The van der Waals surface area contributed by atoms with Crippen LogP contribution < -0.4 is 10.5 Å². The topological polar surface area (TPSA) is 85.5 Å². The fourth-order valence-electron chi connectivity index (χ4n) is 3.38. The first-order valence-electron chi connectivity index (χ1n) is 8.84. The molecule has 142 valence electrons. The average molecular weight is 393 g/mol. The van der Waals surface area contributed by atoms with Gasteiger partial charge in [-0.3, -0.25) is 9.59 Å². The van der Waals surface area contributed by atoms with Crippen LogP contribution in [0.2, 0.25) is 0 Å². The van der Waals surface area contributed by atoms with Crippen molar-refractivity contribution in [3.05, 3.63) is 70.7 Å². The Labute approximate surface area is 166 Å². The number of ether oxygens (including phenoxy) is 1. The van der Waals surface area contributed by atoms with E-state index in [2.05, 4.69) is 4.98 Å². The highest BCUT2D eigenvalue weighted by Gasteiger charge is 2.34. The Hall–Kier alpha value is -3.19. The number of carbonyl (C=O) groups is 2. The minimum atomic E-state index is -0.673. The highest BCUT2D eigenvalue weighted by molar-refractivity contribution is 7.13. The molecule has 3 aromatic rings. The molecule has 0 fully saturated rings. The second-order valence-electron chi connectivity index (χ2n) is 6.59. The number of methoxy groups -OCH3 is 1. The van der Waals surface area contributed by atoms with Gasteiger partial charge in [0, 0.05) is 23.9 Å². The molecule has 1 aromatic heterocycles. The molecule has 6 nitrogen and oxygen atoms in total. The smallest absolute Gasteiger partial charge is 0.274 e. The van der Waals surface area contributed by atoms with Gasteiger partial charge in [0.1, 0.15) is 22.5 Å². The van der Waals surface area contributed by atoms with Gasteiger partial charge in [-0.25, -0.2) is 4.98 Å². The van der Waals surface area contributed by atoms with E-state index in [1.165, 1.54) is 16.2 Å². The second-order valence-corrected chi connectivity index (χ2v) is 7.45. The lowest BCUT2D eigenvalue weighted by atomic mass is 9.93. The first kappa shape index (κ1) is 18.2. The number of nitrogens with zero attached hydrogens (tertiary/aromatic N) is 2. The minimum Gasteiger partial charge on any atom is -0.497 e. The third-order valence-electron chi connectivity index (χ3n) is 4.90. The van der Waals surface area contributed by atoms with Crippen molar-refractivity contribution in [3.63, 3.8) is 0 Å². The maximum absolute atomic E-state index is 13.1. The maximum atomic E-state index is 13.1. The molecule has 0 unspecified atom stereocenters. The molecule has 2 amide bonds. The third-order valence-corrected chi connectivity index (χ3v) is 5.79. The molecule has 2 N–H and O–H groups in total. The number of primary amides is 1. The van der Waals surface area contributed by atoms with Crippen LogP contribution in [0.5, 0.6) is 5.75 Å². The third kappa shape index (κ3) is 3.36. The lowest BCUT2D eigenvalue weighted by Gasteiger charge is -2.34. The molecule has 1 atom stereocenters. The van der Waals surface area contributed by atoms with Crippen LogP contribution in [0, 0.1) is 0 Å². The van der Waals surface area contributed by atoms with Crippen molar-refractivity contribution in [2.75, 3.05) is 7.11 Å². The van der Waals surface area contributed by atoms with E-state index < -0.39 is 11.9 Å². The van der Waals surface area contributed by atoms with Gasteiger partial charge in [0.15, 0.2) is 0 Å². The van der Waals surface area contributed by atoms with E-state index in [0.29, 0.717) is 18.7 Å². The summed E-state index contributed by atoms with van der Waals surface area (Å²) in [5, 5.41) is 2.46. The maximum Gasteiger partial charge on any atom is 0.274 e. The van der Waals surface area contributed by atoms with Crippen molar-refractivity contribution >= 4 is 23.2 Å². The van der Waals surface area contributed by atoms with Crippen LogP contribution in [0.4, 0.5) is 0 Å². The molecule has 0 saturated heterocycles. The molecule has 1 aliphatic heterocycles. The molecule has 7 heteroatoms. The van der Waals surface area contributed by atoms with Gasteiger partial charge in [0.25, 0.3) is 5.91 Å². The van der Waals surface area contributed by atoms with Gasteiger partial charge in [-0.05, 0) is 35.4 Å². The summed E-state index contributed by atoms with van der Waals surface area (Å²) in [6.45, 7) is 0.345. The van der Waals surface area contributed by atoms with Crippen molar-refractivity contribution in [2.45, 2.75) is 19.0 Å². The van der Waals surface area contributed by atoms with Crippen LogP contribution >= 0.6 is 11.3 Å². The summed E-state index contributed by atoms with van der Waals surface area (Å²) in [6, 6.07) is 14.6. The van der Waals surface area contributed by atoms with Gasteiger partial charge in [0.05, 0.1) is 7.11 Å². The van der Waals surface area contributed by atoms with Gasteiger partial charge in [-0.2, -0.15) is 0 Å². The Morgan fingerprint density at radius 3 is 2.54 bits per heavy atom. The van der Waals surface area contributed by atoms with Crippen molar-refractivity contribution in [3.8, 4) is 16.3 Å². The molecule has 0 radical (unpaired) electrons. The fraction of sp³-hybridized carbons (Fsp3) is 0.190. The minimum absolute atomic E-state index is 0.283. The molecule has 4 rings (SSSR count). The Morgan fingerprint density at radius 1 is 1.14 bits per heavy atom. The van der Waals surface area contributed by atoms with E-state index in [0.717, 1.165) is 27.4 Å². The molecule has 0 aliphatic carbocycles. The van der Waals surface area contributed by atoms with Crippen molar-refractivity contribution in [2.24, 2.45) is 5.73 Å². The zero-order chi connectivity index (χ0) is 19.7. The number of amides is 2. The van der Waals surface area contributed by atoms with E-state index in [-0.39, 0.29) is 5.91 Å². The van der Waals surface area contributed by atoms with Gasteiger partial charge in [-0.15, -0.1) is 11.3 Å². The highest BCUT2D eigenvalue weighted by atomic mass is 32.1. The van der Waals surface area contributed by atoms with E-state index in [9.17, 15) is 9.59 Å². The molecule has 1 aliphatic rings. The van der Waals surface area contributed by atoms with Gasteiger partial charge in [-0.1, -0.05) is 24.3 Å². The largest absolute Gasteiger partial charge is 0.497 e. The van der Waals surface area contributed by atoms with E-state index in [1.54, 1.807) is 12.5 Å². The molecule has 0 spiro atoms. The number of fused-ring (bicyclic) bond motifs is 1. The van der Waals surface area contributed by atoms with Gasteiger partial charge in [0.2, 0.25) is 5.91 Å². The molecule has 0 bridgehead atoms. The quantitative estimate of drug-likeness (QED) is 0.739. The van der Waals surface area contributed by atoms with Crippen LogP contribution in [0.1, 0.15) is 21.6 Å². The van der Waals surface area contributed by atoms with Crippen molar-refractivity contribution in [1.82, 2.24) is 9.88 Å². The number of hydrogen-bond acceptors (Lipinski definition) is 5. The number of thiazole rings is 1. The number of benzene rings is 2. The summed E-state index contributed by atoms with van der Waals surface area (Å²) in [5.74, 6) is -0.0318. The van der Waals surface area contributed by atoms with Crippen LogP contribution in [0.3, 0.4) is 0 Å². The number of rotatable bonds is 4. The standard InChI is InChI=1S/C21H19N3O3S/c1-27-16-8-6-13(7-9-16)20-23-17(12-28-20)21(26)24-11-15-5-3-2-4-14(15)10-18(24)19(22)25/h2-9,12,18H,10-11H2,1H3,(H2,22,25)/t18-/m1/s1. The molecule has 28 heavy (non-hydrogen) atoms. The lowest BCUT2D eigenvalue weighted by molar-refractivity contribution is -0.122. The monoisotopic (exact) mass is 393 g/mol. The Morgan fingerprint density at radius 2 is 1.86 bits per heavy atom. The SMILES string of the molecule is COc1ccc(-c2nc(C(=O)N3Cc4ccccc4C[C@@H]3C(N)=O)cs2)cc1. The van der Waals surface area contributed by atoms with Gasteiger partial charge < -0.3 is 15.4 Å². The van der Waals surface area contributed by atoms with Crippen LogP contribution in [0.15, 0.2) is 53.9 Å². The van der Waals surface area contributed by atoms with E-state index in [1.807, 2.05) is 48.5 Å². The summed E-state index contributed by atoms with van der Waals surface area (Å²) in [6.07, 6.45) is 0.423. The lowest BCUT2D eigenvalue weighted by Crippen LogP contribution is -2.51. The Bertz CT molecular complexity index is 1030. The molecule has 0 saturated carbocycles. The molecule has 2 aromatic carbocycles. The van der Waals surface area contributed by atoms with E-state index >= 15 is 0 Å². The summed E-state index contributed by atoms with van der Waals surface area (Å²) >= 11 is 1.39. The predicted octanol–water partition coefficient (Wildman–Crippen LogP) is 2.87. The van der Waals surface area contributed by atoms with Crippen molar-refractivity contribution in [1.29, 1.82) is 0 Å². The van der Waals surface area contributed by atoms with E-state index in [4.69, 9.17) is 10.5 Å². The summed E-state index contributed by atoms with van der Waals surface area (Å²) in [7, 11) is 1.61. The highest BCUT2D eigenvalue weighted by Crippen LogP contribution is 2.29. The van der Waals surface area contributed by atoms with Crippen LogP contribution in [-0.2, 0) is 17.8 Å². The summed E-state index contributed by atoms with van der Waals surface area (Å²) in [5.41, 5.74) is 8.89. The summed E-state index contributed by atoms with van der Waals surface area (Å²) < 4.78 is 5.17. The van der Waals surface area contributed by atoms with Crippen LogP contribution in [-0.4, -0.2) is 34.8 Å². The molecular weight excluding hydrogens is 374 g/mol. The fourth-order valence-corrected chi connectivity index (χ4v) is 4.18. The first-order valence-corrected chi connectivity index (χ1v) is 9.72. The Balaban J connectivity index is 1.61. The molecular formula is C21H19N3O3S. The zero-order valence-corrected chi connectivity index (χ0v) is 16.1. The number of nitrogens with two attached hydrogens (primary N) is 1. The zero-order valence-electron chi connectivity index (χ0n) is 15.3. The Kier molecular flexibility index (Phi) is 4.83. The normalized spacial score (nSPS) is 15.8. The predicted molar refractivity (Wildman–Crippen MR) is 107 cm³/mol. The van der Waals surface area contributed by atoms with Crippen LogP contribution in [0.25, 0.3) is 10.6 Å². The average Bonchev–Trinajstić information content (AvgIpc) is 3.22. The second kappa shape index (κ2) is 7.44. The number of aromatic nitrogens is 1. The first-order chi connectivity index (χ1) is 13.6. The van der Waals surface area contributed by atoms with Gasteiger partial charge >= 0.3 is 0 Å². The molecule has 2 heterocycles.